The van der Waals surface area contributed by atoms with Gasteiger partial charge < -0.3 is 14.6 Å². The number of nitrogens with zero attached hydrogens (tertiary/aromatic N) is 2. The van der Waals surface area contributed by atoms with Crippen molar-refractivity contribution in [3.05, 3.63) is 18.2 Å². The molecule has 2 atom stereocenters. The van der Waals surface area contributed by atoms with Crippen LogP contribution in [0.2, 0.25) is 0 Å². The second-order valence-corrected chi connectivity index (χ2v) is 5.94. The van der Waals surface area contributed by atoms with Crippen LogP contribution in [0.15, 0.2) is 12.5 Å². The monoisotopic (exact) mass is 235 g/mol. The van der Waals surface area contributed by atoms with Crippen molar-refractivity contribution >= 4 is 0 Å². The van der Waals surface area contributed by atoms with Crippen LogP contribution in [0.5, 0.6) is 0 Å². The molecule has 0 aliphatic carbocycles. The lowest BCUT2D eigenvalue weighted by Gasteiger charge is -2.32. The highest BCUT2D eigenvalue weighted by Crippen LogP contribution is 2.35. The molecule has 0 aromatic carbocycles. The number of hydrogen-bond acceptors (Lipinski definition) is 3. The van der Waals surface area contributed by atoms with Gasteiger partial charge in [0.05, 0.1) is 18.5 Å². The van der Waals surface area contributed by atoms with Gasteiger partial charge in [0.25, 0.3) is 0 Å². The fourth-order valence-electron chi connectivity index (χ4n) is 3.05. The lowest BCUT2D eigenvalue weighted by Crippen LogP contribution is -2.37. The van der Waals surface area contributed by atoms with Crippen LogP contribution in [0.3, 0.4) is 0 Å². The van der Waals surface area contributed by atoms with Crippen molar-refractivity contribution in [2.24, 2.45) is 0 Å². The second-order valence-electron chi connectivity index (χ2n) is 5.94. The summed E-state index contributed by atoms with van der Waals surface area (Å²) in [5, 5.41) is 3.46. The summed E-state index contributed by atoms with van der Waals surface area (Å²) in [4.78, 5) is 4.38. The van der Waals surface area contributed by atoms with Gasteiger partial charge in [0.1, 0.15) is 0 Å². The molecule has 1 aromatic heterocycles. The Morgan fingerprint density at radius 2 is 2.29 bits per heavy atom. The minimum Gasteiger partial charge on any atom is -0.379 e. The Kier molecular flexibility index (Phi) is 2.52. The first-order valence-electron chi connectivity index (χ1n) is 6.46. The minimum absolute atomic E-state index is 0.0947. The Balaban J connectivity index is 1.99. The van der Waals surface area contributed by atoms with Gasteiger partial charge in [0, 0.05) is 30.5 Å². The predicted molar refractivity (Wildman–Crippen MR) is 66.1 cm³/mol. The molecule has 4 heteroatoms. The third-order valence-corrected chi connectivity index (χ3v) is 4.41. The summed E-state index contributed by atoms with van der Waals surface area (Å²) in [6.07, 6.45) is 6.29. The van der Waals surface area contributed by atoms with E-state index in [2.05, 4.69) is 28.7 Å². The van der Waals surface area contributed by atoms with E-state index in [1.165, 1.54) is 12.1 Å². The Morgan fingerprint density at radius 3 is 2.94 bits per heavy atom. The standard InChI is InChI=1S/C13H21N3O/c1-12(3-5-14-8-12)11-7-15-10-16(11)13(2)4-6-17-9-13/h7,10,14H,3-6,8-9H2,1-2H3. The maximum absolute atomic E-state index is 5.57. The van der Waals surface area contributed by atoms with Gasteiger partial charge >= 0.3 is 0 Å². The summed E-state index contributed by atoms with van der Waals surface area (Å²) in [5.41, 5.74) is 1.68. The van der Waals surface area contributed by atoms with Crippen LogP contribution >= 0.6 is 0 Å². The van der Waals surface area contributed by atoms with E-state index >= 15 is 0 Å². The van der Waals surface area contributed by atoms with Crippen LogP contribution in [-0.4, -0.2) is 35.9 Å². The third-order valence-electron chi connectivity index (χ3n) is 4.41. The Bertz CT molecular complexity index is 364. The molecule has 3 heterocycles. The van der Waals surface area contributed by atoms with Crippen molar-refractivity contribution in [3.8, 4) is 0 Å². The fraction of sp³-hybridized carbons (Fsp3) is 0.769. The van der Waals surface area contributed by atoms with Gasteiger partial charge in [-0.1, -0.05) is 6.92 Å². The highest BCUT2D eigenvalue weighted by Gasteiger charge is 2.39. The maximum atomic E-state index is 5.57. The molecule has 17 heavy (non-hydrogen) atoms. The quantitative estimate of drug-likeness (QED) is 0.839. The number of nitrogens with one attached hydrogen (secondary N) is 1. The number of aromatic nitrogens is 2. The van der Waals surface area contributed by atoms with E-state index in [9.17, 15) is 0 Å². The number of hydrogen-bond donors (Lipinski definition) is 1. The minimum atomic E-state index is 0.0947. The first-order valence-corrected chi connectivity index (χ1v) is 6.46. The van der Waals surface area contributed by atoms with Crippen molar-refractivity contribution in [2.75, 3.05) is 26.3 Å². The molecule has 2 aliphatic rings. The van der Waals surface area contributed by atoms with Gasteiger partial charge in [-0.15, -0.1) is 0 Å². The van der Waals surface area contributed by atoms with Crippen LogP contribution in [-0.2, 0) is 15.7 Å². The van der Waals surface area contributed by atoms with Crippen LogP contribution < -0.4 is 5.32 Å². The highest BCUT2D eigenvalue weighted by atomic mass is 16.5. The molecule has 2 aliphatic heterocycles. The van der Waals surface area contributed by atoms with Gasteiger partial charge in [-0.25, -0.2) is 4.98 Å². The van der Waals surface area contributed by atoms with Crippen molar-refractivity contribution in [2.45, 2.75) is 37.6 Å². The van der Waals surface area contributed by atoms with Gasteiger partial charge in [-0.05, 0) is 26.3 Å². The summed E-state index contributed by atoms with van der Waals surface area (Å²) in [6, 6.07) is 0. The van der Waals surface area contributed by atoms with Gasteiger partial charge in [-0.2, -0.15) is 0 Å². The Hall–Kier alpha value is -0.870. The molecule has 3 rings (SSSR count). The molecular formula is C13H21N3O. The molecule has 0 amide bonds. The van der Waals surface area contributed by atoms with E-state index < -0.39 is 0 Å². The summed E-state index contributed by atoms with van der Waals surface area (Å²) in [5.74, 6) is 0. The molecule has 2 unspecified atom stereocenters. The zero-order chi connectivity index (χ0) is 11.9. The lowest BCUT2D eigenvalue weighted by molar-refractivity contribution is 0.158. The predicted octanol–water partition coefficient (Wildman–Crippen LogP) is 1.27. The molecule has 2 fully saturated rings. The molecule has 0 radical (unpaired) electrons. The molecule has 1 N–H and O–H groups in total. The van der Waals surface area contributed by atoms with E-state index in [1.807, 2.05) is 12.5 Å². The number of imidazole rings is 1. The smallest absolute Gasteiger partial charge is 0.0954 e. The first kappa shape index (κ1) is 11.2. The molecule has 0 spiro atoms. The Labute approximate surface area is 102 Å². The topological polar surface area (TPSA) is 39.1 Å². The SMILES string of the molecule is CC1(c2cncn2C2(C)CCOC2)CCNC1. The van der Waals surface area contributed by atoms with Crippen LogP contribution in [0.4, 0.5) is 0 Å². The summed E-state index contributed by atoms with van der Waals surface area (Å²) in [7, 11) is 0. The van der Waals surface area contributed by atoms with Crippen molar-refractivity contribution < 1.29 is 4.74 Å². The average Bonchev–Trinajstić information content (AvgIpc) is 2.96. The lowest BCUT2D eigenvalue weighted by atomic mass is 9.85. The second kappa shape index (κ2) is 3.82. The number of rotatable bonds is 2. The Morgan fingerprint density at radius 1 is 1.41 bits per heavy atom. The normalized spacial score (nSPS) is 37.8. The van der Waals surface area contributed by atoms with Crippen molar-refractivity contribution in [3.63, 3.8) is 0 Å². The van der Waals surface area contributed by atoms with Crippen molar-refractivity contribution in [1.29, 1.82) is 0 Å². The van der Waals surface area contributed by atoms with E-state index in [4.69, 9.17) is 4.74 Å². The fourth-order valence-corrected chi connectivity index (χ4v) is 3.05. The molecule has 4 nitrogen and oxygen atoms in total. The zero-order valence-corrected chi connectivity index (χ0v) is 10.7. The first-order chi connectivity index (χ1) is 8.14. The highest BCUT2D eigenvalue weighted by molar-refractivity contribution is 5.19. The van der Waals surface area contributed by atoms with E-state index in [0.717, 1.165) is 32.7 Å². The summed E-state index contributed by atoms with van der Waals surface area (Å²) < 4.78 is 7.92. The molecule has 0 saturated carbocycles. The molecule has 2 saturated heterocycles. The molecule has 94 valence electrons. The molecule has 1 aromatic rings. The third kappa shape index (κ3) is 1.70. The zero-order valence-electron chi connectivity index (χ0n) is 10.7. The van der Waals surface area contributed by atoms with Gasteiger partial charge in [0.15, 0.2) is 0 Å². The van der Waals surface area contributed by atoms with Gasteiger partial charge in [0.2, 0.25) is 0 Å². The van der Waals surface area contributed by atoms with Crippen LogP contribution in [0.1, 0.15) is 32.4 Å². The maximum Gasteiger partial charge on any atom is 0.0954 e. The molecule has 0 bridgehead atoms. The van der Waals surface area contributed by atoms with E-state index in [1.54, 1.807) is 0 Å². The van der Waals surface area contributed by atoms with Crippen LogP contribution in [0.25, 0.3) is 0 Å². The van der Waals surface area contributed by atoms with E-state index in [0.29, 0.717) is 0 Å². The largest absolute Gasteiger partial charge is 0.379 e. The number of ether oxygens (including phenoxy) is 1. The van der Waals surface area contributed by atoms with Gasteiger partial charge in [-0.3, -0.25) is 0 Å². The average molecular weight is 235 g/mol. The summed E-state index contributed by atoms with van der Waals surface area (Å²) >= 11 is 0. The van der Waals surface area contributed by atoms with Crippen molar-refractivity contribution in [1.82, 2.24) is 14.9 Å². The molecular weight excluding hydrogens is 214 g/mol. The van der Waals surface area contributed by atoms with E-state index in [-0.39, 0.29) is 11.0 Å². The van der Waals surface area contributed by atoms with Crippen LogP contribution in [0, 0.1) is 0 Å². The summed E-state index contributed by atoms with van der Waals surface area (Å²) in [6.45, 7) is 8.43.